The van der Waals surface area contributed by atoms with E-state index in [0.717, 1.165) is 29.1 Å². The standard InChI is InChI=1S/C33H33N3/c1-23(2)29-14-9-15-30(24(3)4)32(29)36-19-18-35-33(36)28-13-8-11-26(22-28)20-25-10-7-12-27(21-25)31-16-5-6-17-34-31/h5-19,21-24H,20H2,1-4H3. The Hall–Kier alpha value is -3.98. The Kier molecular flexibility index (Phi) is 6.81. The lowest BCUT2D eigenvalue weighted by Gasteiger charge is -2.22. The van der Waals surface area contributed by atoms with Crippen molar-refractivity contribution in [1.29, 1.82) is 0 Å². The number of para-hydroxylation sites is 1. The largest absolute Gasteiger partial charge is 0.299 e. The van der Waals surface area contributed by atoms with E-state index in [9.17, 15) is 0 Å². The maximum atomic E-state index is 4.82. The maximum Gasteiger partial charge on any atom is 0.144 e. The van der Waals surface area contributed by atoms with Crippen LogP contribution in [-0.2, 0) is 6.42 Å². The van der Waals surface area contributed by atoms with Crippen LogP contribution in [0.5, 0.6) is 0 Å². The zero-order chi connectivity index (χ0) is 25.1. The highest BCUT2D eigenvalue weighted by molar-refractivity contribution is 5.64. The topological polar surface area (TPSA) is 30.7 Å². The van der Waals surface area contributed by atoms with Crippen LogP contribution in [0.1, 0.15) is 61.8 Å². The Morgan fingerprint density at radius 2 is 1.28 bits per heavy atom. The highest BCUT2D eigenvalue weighted by Gasteiger charge is 2.18. The van der Waals surface area contributed by atoms with Gasteiger partial charge in [0.15, 0.2) is 0 Å². The van der Waals surface area contributed by atoms with Crippen molar-refractivity contribution in [3.8, 4) is 28.3 Å². The Morgan fingerprint density at radius 1 is 0.639 bits per heavy atom. The summed E-state index contributed by atoms with van der Waals surface area (Å²) in [4.78, 5) is 9.33. The predicted molar refractivity (Wildman–Crippen MR) is 150 cm³/mol. The minimum atomic E-state index is 0.423. The van der Waals surface area contributed by atoms with Crippen molar-refractivity contribution in [2.24, 2.45) is 0 Å². The maximum absolute atomic E-state index is 4.82. The van der Waals surface area contributed by atoms with Gasteiger partial charge in [-0.3, -0.25) is 9.55 Å². The van der Waals surface area contributed by atoms with Crippen LogP contribution < -0.4 is 0 Å². The fraction of sp³-hybridized carbons (Fsp3) is 0.212. The summed E-state index contributed by atoms with van der Waals surface area (Å²) in [5.41, 5.74) is 9.78. The minimum absolute atomic E-state index is 0.423. The fourth-order valence-corrected chi connectivity index (χ4v) is 4.92. The monoisotopic (exact) mass is 471 g/mol. The van der Waals surface area contributed by atoms with Crippen molar-refractivity contribution >= 4 is 0 Å². The van der Waals surface area contributed by atoms with Gasteiger partial charge < -0.3 is 0 Å². The molecule has 5 rings (SSSR count). The average molecular weight is 472 g/mol. The molecular formula is C33H33N3. The minimum Gasteiger partial charge on any atom is -0.299 e. The first kappa shape index (κ1) is 23.7. The van der Waals surface area contributed by atoms with Crippen molar-refractivity contribution in [3.63, 3.8) is 0 Å². The first-order valence-corrected chi connectivity index (χ1v) is 12.8. The molecule has 0 amide bonds. The summed E-state index contributed by atoms with van der Waals surface area (Å²) in [5, 5.41) is 0. The van der Waals surface area contributed by atoms with E-state index in [2.05, 4.69) is 116 Å². The number of aromatic nitrogens is 3. The third-order valence-corrected chi connectivity index (χ3v) is 6.71. The molecular weight excluding hydrogens is 438 g/mol. The third-order valence-electron chi connectivity index (χ3n) is 6.71. The number of rotatable bonds is 7. The predicted octanol–water partition coefficient (Wildman–Crippen LogP) is 8.44. The average Bonchev–Trinajstić information content (AvgIpc) is 3.39. The van der Waals surface area contributed by atoms with E-state index in [0.29, 0.717) is 11.8 Å². The van der Waals surface area contributed by atoms with Gasteiger partial charge in [-0.2, -0.15) is 0 Å². The molecule has 2 heterocycles. The first-order valence-electron chi connectivity index (χ1n) is 12.8. The molecule has 0 atom stereocenters. The van der Waals surface area contributed by atoms with Crippen molar-refractivity contribution in [2.45, 2.75) is 46.0 Å². The summed E-state index contributed by atoms with van der Waals surface area (Å²) in [6, 6.07) is 30.2. The van der Waals surface area contributed by atoms with E-state index in [1.54, 1.807) is 0 Å². The molecule has 5 aromatic rings. The summed E-state index contributed by atoms with van der Waals surface area (Å²) in [5.74, 6) is 1.83. The number of nitrogens with zero attached hydrogens (tertiary/aromatic N) is 3. The Morgan fingerprint density at radius 3 is 1.92 bits per heavy atom. The molecule has 0 aliphatic carbocycles. The number of hydrogen-bond donors (Lipinski definition) is 0. The van der Waals surface area contributed by atoms with Gasteiger partial charge in [0.05, 0.1) is 11.4 Å². The molecule has 3 heteroatoms. The van der Waals surface area contributed by atoms with Crippen LogP contribution in [0.2, 0.25) is 0 Å². The molecule has 3 nitrogen and oxygen atoms in total. The van der Waals surface area contributed by atoms with Gasteiger partial charge >= 0.3 is 0 Å². The molecule has 0 unspecified atom stereocenters. The van der Waals surface area contributed by atoms with Crippen LogP contribution in [0.3, 0.4) is 0 Å². The lowest BCUT2D eigenvalue weighted by Crippen LogP contribution is -2.07. The van der Waals surface area contributed by atoms with Crippen LogP contribution in [0.4, 0.5) is 0 Å². The highest BCUT2D eigenvalue weighted by Crippen LogP contribution is 2.34. The Bertz CT molecular complexity index is 1440. The van der Waals surface area contributed by atoms with Crippen molar-refractivity contribution in [3.05, 3.63) is 126 Å². The van der Waals surface area contributed by atoms with Crippen LogP contribution in [0, 0.1) is 0 Å². The molecule has 0 N–H and O–H groups in total. The second-order valence-electron chi connectivity index (χ2n) is 10.0. The highest BCUT2D eigenvalue weighted by atomic mass is 15.1. The van der Waals surface area contributed by atoms with Gasteiger partial charge in [-0.1, -0.05) is 88.4 Å². The van der Waals surface area contributed by atoms with Crippen molar-refractivity contribution in [2.75, 3.05) is 0 Å². The number of pyridine rings is 1. The number of benzene rings is 3. The van der Waals surface area contributed by atoms with E-state index < -0.39 is 0 Å². The van der Waals surface area contributed by atoms with Crippen LogP contribution in [-0.4, -0.2) is 14.5 Å². The lowest BCUT2D eigenvalue weighted by molar-refractivity contribution is 0.806. The molecule has 0 saturated carbocycles. The molecule has 0 bridgehead atoms. The van der Waals surface area contributed by atoms with Gasteiger partial charge in [0.1, 0.15) is 5.82 Å². The van der Waals surface area contributed by atoms with Crippen LogP contribution >= 0.6 is 0 Å². The van der Waals surface area contributed by atoms with Crippen LogP contribution in [0.15, 0.2) is 104 Å². The molecule has 2 aromatic heterocycles. The zero-order valence-corrected chi connectivity index (χ0v) is 21.5. The zero-order valence-electron chi connectivity index (χ0n) is 21.5. The summed E-state index contributed by atoms with van der Waals surface area (Å²) in [6.45, 7) is 9.05. The molecule has 0 spiro atoms. The molecule has 3 aromatic carbocycles. The molecule has 0 aliphatic heterocycles. The number of imidazole rings is 1. The smallest absolute Gasteiger partial charge is 0.144 e. The summed E-state index contributed by atoms with van der Waals surface area (Å²) < 4.78 is 2.28. The van der Waals surface area contributed by atoms with Gasteiger partial charge in [-0.15, -0.1) is 0 Å². The van der Waals surface area contributed by atoms with Gasteiger partial charge in [-0.25, -0.2) is 4.98 Å². The molecule has 0 fully saturated rings. The van der Waals surface area contributed by atoms with E-state index in [1.807, 2.05) is 24.5 Å². The van der Waals surface area contributed by atoms with Gasteiger partial charge in [0.25, 0.3) is 0 Å². The van der Waals surface area contributed by atoms with Gasteiger partial charge in [0.2, 0.25) is 0 Å². The molecule has 36 heavy (non-hydrogen) atoms. The van der Waals surface area contributed by atoms with Gasteiger partial charge in [-0.05, 0) is 64.8 Å². The quantitative estimate of drug-likeness (QED) is 0.238. The summed E-state index contributed by atoms with van der Waals surface area (Å²) >= 11 is 0. The Balaban J connectivity index is 1.51. The van der Waals surface area contributed by atoms with E-state index >= 15 is 0 Å². The SMILES string of the molecule is CC(C)c1cccc(C(C)C)c1-n1ccnc1-c1cccc(Cc2cccc(-c3ccccn3)c2)c1. The van der Waals surface area contributed by atoms with E-state index in [-0.39, 0.29) is 0 Å². The van der Waals surface area contributed by atoms with Crippen molar-refractivity contribution < 1.29 is 0 Å². The van der Waals surface area contributed by atoms with Crippen molar-refractivity contribution in [1.82, 2.24) is 14.5 Å². The summed E-state index contributed by atoms with van der Waals surface area (Å²) in [6.07, 6.45) is 6.72. The van der Waals surface area contributed by atoms with E-state index in [1.165, 1.54) is 27.9 Å². The van der Waals surface area contributed by atoms with Gasteiger partial charge in [0, 0.05) is 29.7 Å². The number of hydrogen-bond acceptors (Lipinski definition) is 2. The molecule has 0 aliphatic rings. The van der Waals surface area contributed by atoms with Crippen LogP contribution in [0.25, 0.3) is 28.3 Å². The normalized spacial score (nSPS) is 11.4. The summed E-state index contributed by atoms with van der Waals surface area (Å²) in [7, 11) is 0. The first-order chi connectivity index (χ1) is 17.5. The fourth-order valence-electron chi connectivity index (χ4n) is 4.92. The third kappa shape index (κ3) is 4.87. The molecule has 0 saturated heterocycles. The van der Waals surface area contributed by atoms with E-state index in [4.69, 9.17) is 4.98 Å². The second-order valence-corrected chi connectivity index (χ2v) is 10.0. The molecule has 0 radical (unpaired) electrons. The lowest BCUT2D eigenvalue weighted by atomic mass is 9.92. The Labute approximate surface area is 214 Å². The molecule has 180 valence electrons. The second kappa shape index (κ2) is 10.3.